The second-order valence-corrected chi connectivity index (χ2v) is 7.40. The van der Waals surface area contributed by atoms with Crippen molar-refractivity contribution in [2.45, 2.75) is 19.1 Å². The van der Waals surface area contributed by atoms with E-state index in [2.05, 4.69) is 18.2 Å². The molecule has 3 aliphatic heterocycles. The smallest absolute Gasteiger partial charge is 0.260 e. The first-order valence-corrected chi connectivity index (χ1v) is 9.11. The van der Waals surface area contributed by atoms with Crippen LogP contribution >= 0.6 is 0 Å². The summed E-state index contributed by atoms with van der Waals surface area (Å²) in [5.41, 5.74) is 6.35. The van der Waals surface area contributed by atoms with Crippen molar-refractivity contribution in [2.24, 2.45) is 0 Å². The van der Waals surface area contributed by atoms with Gasteiger partial charge in [0.05, 0.1) is 11.7 Å². The highest BCUT2D eigenvalue weighted by Gasteiger charge is 2.53. The SMILES string of the molecule is Cc1ccc2c(c1)N1C(=O)c3ccccc3C1N1C(=O)c3ccccc3C21. The Morgan fingerprint density at radius 3 is 2.19 bits per heavy atom. The summed E-state index contributed by atoms with van der Waals surface area (Å²) in [6.07, 6.45) is -0.395. The van der Waals surface area contributed by atoms with Crippen molar-refractivity contribution in [3.8, 4) is 0 Å². The van der Waals surface area contributed by atoms with E-state index in [9.17, 15) is 9.59 Å². The molecule has 0 radical (unpaired) electrons. The van der Waals surface area contributed by atoms with E-state index in [4.69, 9.17) is 0 Å². The van der Waals surface area contributed by atoms with Crippen molar-refractivity contribution in [1.82, 2.24) is 4.90 Å². The van der Waals surface area contributed by atoms with Gasteiger partial charge in [0.2, 0.25) is 0 Å². The zero-order chi connectivity index (χ0) is 18.3. The highest BCUT2D eigenvalue weighted by atomic mass is 16.2. The molecule has 2 atom stereocenters. The molecule has 0 aromatic heterocycles. The van der Waals surface area contributed by atoms with Gasteiger partial charge < -0.3 is 4.90 Å². The molecule has 2 unspecified atom stereocenters. The number of carbonyl (C=O) groups is 2. The normalized spacial score (nSPS) is 21.5. The molecule has 6 rings (SSSR count). The van der Waals surface area contributed by atoms with Crippen LogP contribution in [-0.4, -0.2) is 16.7 Å². The number of amides is 2. The van der Waals surface area contributed by atoms with Crippen LogP contribution in [0.25, 0.3) is 0 Å². The summed E-state index contributed by atoms with van der Waals surface area (Å²) in [7, 11) is 0. The molecule has 4 heteroatoms. The lowest BCUT2D eigenvalue weighted by molar-refractivity contribution is 0.0635. The maximum absolute atomic E-state index is 13.4. The average Bonchev–Trinajstić information content (AvgIpc) is 3.15. The Morgan fingerprint density at radius 2 is 1.41 bits per heavy atom. The molecule has 4 nitrogen and oxygen atoms in total. The summed E-state index contributed by atoms with van der Waals surface area (Å²) in [5.74, 6) is -0.0500. The third-order valence-corrected chi connectivity index (χ3v) is 5.93. The molecule has 0 bridgehead atoms. The maximum atomic E-state index is 13.4. The summed E-state index contributed by atoms with van der Waals surface area (Å²) >= 11 is 0. The van der Waals surface area contributed by atoms with Gasteiger partial charge in [-0.2, -0.15) is 0 Å². The summed E-state index contributed by atoms with van der Waals surface area (Å²) in [6, 6.07) is 21.4. The second kappa shape index (κ2) is 4.86. The standard InChI is InChI=1S/C23H16N2O2/c1-13-10-11-18-19(12-13)24-21(15-7-3-5-9-17(15)22(24)26)25-20(18)14-6-2-4-8-16(14)23(25)27/h2-12,20-21H,1H3. The van der Waals surface area contributed by atoms with E-state index in [1.165, 1.54) is 0 Å². The highest BCUT2D eigenvalue weighted by Crippen LogP contribution is 2.55. The molecule has 0 saturated carbocycles. The van der Waals surface area contributed by atoms with Crippen LogP contribution in [0.2, 0.25) is 0 Å². The van der Waals surface area contributed by atoms with Gasteiger partial charge in [-0.1, -0.05) is 48.5 Å². The third kappa shape index (κ3) is 1.68. The molecule has 3 aliphatic rings. The molecular weight excluding hydrogens is 336 g/mol. The van der Waals surface area contributed by atoms with E-state index in [0.29, 0.717) is 5.56 Å². The topological polar surface area (TPSA) is 40.6 Å². The molecule has 130 valence electrons. The van der Waals surface area contributed by atoms with Gasteiger partial charge in [0, 0.05) is 22.3 Å². The number of aryl methyl sites for hydroxylation is 1. The molecule has 0 fully saturated rings. The Morgan fingerprint density at radius 1 is 0.741 bits per heavy atom. The van der Waals surface area contributed by atoms with Gasteiger partial charge >= 0.3 is 0 Å². The minimum absolute atomic E-state index is 0.0127. The van der Waals surface area contributed by atoms with Gasteiger partial charge in [-0.25, -0.2) is 0 Å². The number of benzene rings is 3. The van der Waals surface area contributed by atoms with E-state index < -0.39 is 6.17 Å². The average molecular weight is 352 g/mol. The number of carbonyl (C=O) groups excluding carboxylic acids is 2. The lowest BCUT2D eigenvalue weighted by Gasteiger charge is -2.43. The first-order valence-electron chi connectivity index (χ1n) is 9.11. The van der Waals surface area contributed by atoms with E-state index in [-0.39, 0.29) is 17.9 Å². The van der Waals surface area contributed by atoms with Gasteiger partial charge in [0.1, 0.15) is 6.17 Å². The van der Waals surface area contributed by atoms with Crippen LogP contribution < -0.4 is 4.90 Å². The molecule has 0 aliphatic carbocycles. The van der Waals surface area contributed by atoms with Crippen LogP contribution in [0.1, 0.15) is 55.2 Å². The first-order chi connectivity index (χ1) is 13.2. The largest absolute Gasteiger partial charge is 0.302 e. The van der Waals surface area contributed by atoms with Gasteiger partial charge in [-0.05, 0) is 36.2 Å². The number of fused-ring (bicyclic) bond motifs is 10. The second-order valence-electron chi connectivity index (χ2n) is 7.40. The third-order valence-electron chi connectivity index (χ3n) is 5.93. The van der Waals surface area contributed by atoms with Crippen molar-refractivity contribution >= 4 is 17.5 Å². The molecule has 3 aromatic rings. The predicted molar refractivity (Wildman–Crippen MR) is 102 cm³/mol. The molecule has 3 heterocycles. The molecule has 27 heavy (non-hydrogen) atoms. The zero-order valence-electron chi connectivity index (χ0n) is 14.7. The minimum Gasteiger partial charge on any atom is -0.302 e. The van der Waals surface area contributed by atoms with Crippen LogP contribution in [-0.2, 0) is 0 Å². The molecule has 3 aromatic carbocycles. The Bertz CT molecular complexity index is 1170. The van der Waals surface area contributed by atoms with Crippen molar-refractivity contribution in [2.75, 3.05) is 4.90 Å². The minimum atomic E-state index is -0.395. The monoisotopic (exact) mass is 352 g/mol. The quantitative estimate of drug-likeness (QED) is 0.608. The fraction of sp³-hybridized carbons (Fsp3) is 0.130. The van der Waals surface area contributed by atoms with E-state index in [1.54, 1.807) is 4.90 Å². The summed E-state index contributed by atoms with van der Waals surface area (Å²) in [6.45, 7) is 2.03. The Balaban J connectivity index is 1.70. The van der Waals surface area contributed by atoms with Crippen molar-refractivity contribution < 1.29 is 9.59 Å². The van der Waals surface area contributed by atoms with E-state index in [1.807, 2.05) is 60.4 Å². The number of anilines is 1. The molecular formula is C23H16N2O2. The van der Waals surface area contributed by atoms with Crippen LogP contribution in [0.4, 0.5) is 5.69 Å². The fourth-order valence-corrected chi connectivity index (χ4v) is 4.81. The van der Waals surface area contributed by atoms with Crippen LogP contribution in [0, 0.1) is 6.92 Å². The van der Waals surface area contributed by atoms with Gasteiger partial charge in [-0.15, -0.1) is 0 Å². The van der Waals surface area contributed by atoms with Gasteiger partial charge in [0.25, 0.3) is 11.8 Å². The van der Waals surface area contributed by atoms with Crippen molar-refractivity contribution in [3.05, 3.63) is 100 Å². The van der Waals surface area contributed by atoms with E-state index in [0.717, 1.165) is 33.5 Å². The number of nitrogens with zero attached hydrogens (tertiary/aromatic N) is 2. The van der Waals surface area contributed by atoms with Crippen molar-refractivity contribution in [3.63, 3.8) is 0 Å². The lowest BCUT2D eigenvalue weighted by Crippen LogP contribution is -2.46. The maximum Gasteiger partial charge on any atom is 0.260 e. The molecule has 2 amide bonds. The fourth-order valence-electron chi connectivity index (χ4n) is 4.81. The van der Waals surface area contributed by atoms with Gasteiger partial charge in [0.15, 0.2) is 0 Å². The first kappa shape index (κ1) is 14.7. The predicted octanol–water partition coefficient (Wildman–Crippen LogP) is 4.21. The summed E-state index contributed by atoms with van der Waals surface area (Å²) in [5, 5.41) is 0. The Labute approximate surface area is 156 Å². The highest BCUT2D eigenvalue weighted by molar-refractivity contribution is 6.13. The number of rotatable bonds is 0. The number of hydrogen-bond donors (Lipinski definition) is 0. The Kier molecular flexibility index (Phi) is 2.65. The molecule has 0 saturated heterocycles. The molecule has 0 spiro atoms. The van der Waals surface area contributed by atoms with Crippen LogP contribution in [0.15, 0.2) is 66.7 Å². The number of hydrogen-bond acceptors (Lipinski definition) is 2. The summed E-state index contributed by atoms with van der Waals surface area (Å²) in [4.78, 5) is 30.3. The zero-order valence-corrected chi connectivity index (χ0v) is 14.7. The van der Waals surface area contributed by atoms with Crippen molar-refractivity contribution in [1.29, 1.82) is 0 Å². The van der Waals surface area contributed by atoms with E-state index >= 15 is 0 Å². The molecule has 0 N–H and O–H groups in total. The van der Waals surface area contributed by atoms with Gasteiger partial charge in [-0.3, -0.25) is 14.5 Å². The van der Waals surface area contributed by atoms with Crippen LogP contribution in [0.5, 0.6) is 0 Å². The van der Waals surface area contributed by atoms with Crippen LogP contribution in [0.3, 0.4) is 0 Å². The Hall–Kier alpha value is -3.40. The summed E-state index contributed by atoms with van der Waals surface area (Å²) < 4.78 is 0. The lowest BCUT2D eigenvalue weighted by atomic mass is 9.92.